The van der Waals surface area contributed by atoms with Crippen LogP contribution in [0.2, 0.25) is 0 Å². The van der Waals surface area contributed by atoms with E-state index < -0.39 is 0 Å². The predicted molar refractivity (Wildman–Crippen MR) is 127 cm³/mol. The Labute approximate surface area is 180 Å². The Morgan fingerprint density at radius 3 is 2.50 bits per heavy atom. The van der Waals surface area contributed by atoms with E-state index in [1.54, 1.807) is 0 Å². The second kappa shape index (κ2) is 9.42. The minimum atomic E-state index is 0.265. The Morgan fingerprint density at radius 1 is 0.933 bits per heavy atom. The van der Waals surface area contributed by atoms with Crippen molar-refractivity contribution in [1.29, 1.82) is 0 Å². The molecule has 3 aromatic carbocycles. The summed E-state index contributed by atoms with van der Waals surface area (Å²) in [6.07, 6.45) is 6.75. The molecule has 1 saturated heterocycles. The van der Waals surface area contributed by atoms with Gasteiger partial charge in [-0.15, -0.1) is 0 Å². The molecule has 1 fully saturated rings. The lowest BCUT2D eigenvalue weighted by Crippen LogP contribution is -2.31. The van der Waals surface area contributed by atoms with Gasteiger partial charge in [0.15, 0.2) is 0 Å². The predicted octanol–water partition coefficient (Wildman–Crippen LogP) is 6.10. The van der Waals surface area contributed by atoms with Crippen molar-refractivity contribution in [3.05, 3.63) is 94.5 Å². The third kappa shape index (κ3) is 4.56. The highest BCUT2D eigenvalue weighted by atomic mass is 16.3. The molecule has 0 radical (unpaired) electrons. The van der Waals surface area contributed by atoms with Gasteiger partial charge in [0.25, 0.3) is 0 Å². The molecule has 3 aromatic rings. The first-order valence-electron chi connectivity index (χ1n) is 10.9. The molecule has 2 nitrogen and oxygen atoms in total. The van der Waals surface area contributed by atoms with Gasteiger partial charge in [-0.25, -0.2) is 0 Å². The van der Waals surface area contributed by atoms with Gasteiger partial charge in [-0.3, -0.25) is 4.90 Å². The highest BCUT2D eigenvalue weighted by molar-refractivity contribution is 5.78. The maximum Gasteiger partial charge on any atom is 0.0587 e. The van der Waals surface area contributed by atoms with Crippen molar-refractivity contribution in [2.75, 3.05) is 13.2 Å². The van der Waals surface area contributed by atoms with Gasteiger partial charge in [0.2, 0.25) is 0 Å². The number of benzene rings is 3. The van der Waals surface area contributed by atoms with Crippen LogP contribution in [0.3, 0.4) is 0 Å². The smallest absolute Gasteiger partial charge is 0.0587 e. The molecule has 2 heteroatoms. The number of nitrogens with zero attached hydrogens (tertiary/aromatic N) is 1. The van der Waals surface area contributed by atoms with Gasteiger partial charge in [-0.2, -0.15) is 0 Å². The Balaban J connectivity index is 1.52. The van der Waals surface area contributed by atoms with Crippen molar-refractivity contribution in [3.63, 3.8) is 0 Å². The lowest BCUT2D eigenvalue weighted by molar-refractivity contribution is 0.153. The fourth-order valence-electron chi connectivity index (χ4n) is 4.51. The quantitative estimate of drug-likeness (QED) is 0.508. The first-order valence-corrected chi connectivity index (χ1v) is 10.9. The molecule has 1 heterocycles. The Morgan fingerprint density at radius 2 is 1.73 bits per heavy atom. The summed E-state index contributed by atoms with van der Waals surface area (Å²) in [5.41, 5.74) is 8.97. The van der Waals surface area contributed by atoms with Gasteiger partial charge in [-0.1, -0.05) is 78.9 Å². The van der Waals surface area contributed by atoms with Crippen molar-refractivity contribution in [1.82, 2.24) is 4.90 Å². The van der Waals surface area contributed by atoms with Crippen LogP contribution in [0.4, 0.5) is 0 Å². The summed E-state index contributed by atoms with van der Waals surface area (Å²) in [4.78, 5) is 2.41. The molecular weight excluding hydrogens is 366 g/mol. The van der Waals surface area contributed by atoms with Crippen molar-refractivity contribution in [2.45, 2.75) is 39.3 Å². The van der Waals surface area contributed by atoms with E-state index in [-0.39, 0.29) is 6.61 Å². The van der Waals surface area contributed by atoms with E-state index in [2.05, 4.69) is 97.6 Å². The molecule has 154 valence electrons. The first-order chi connectivity index (χ1) is 14.7. The topological polar surface area (TPSA) is 23.5 Å². The van der Waals surface area contributed by atoms with Crippen LogP contribution in [-0.2, 0) is 6.54 Å². The third-order valence-corrected chi connectivity index (χ3v) is 6.33. The Hall–Kier alpha value is -2.68. The normalized spacial score (nSPS) is 17.1. The van der Waals surface area contributed by atoms with E-state index in [9.17, 15) is 5.11 Å². The highest BCUT2D eigenvalue weighted by Crippen LogP contribution is 2.27. The standard InChI is InChI=1S/C28H31NO/c1-21-18-23(19-29-17-7-11-27(29)20-30)13-14-24(21)15-16-25-10-6-12-28(22(25)2)26-8-4-3-5-9-26/h3-6,8-10,12-16,18,27,30H,7,11,17,19-20H2,1-2H3/b16-15+/t27-/m0/s1. The summed E-state index contributed by atoms with van der Waals surface area (Å²) in [7, 11) is 0. The Kier molecular flexibility index (Phi) is 6.47. The van der Waals surface area contributed by atoms with Crippen LogP contribution >= 0.6 is 0 Å². The van der Waals surface area contributed by atoms with Crippen LogP contribution in [0.25, 0.3) is 23.3 Å². The van der Waals surface area contributed by atoms with E-state index >= 15 is 0 Å². The fourth-order valence-corrected chi connectivity index (χ4v) is 4.51. The van der Waals surface area contributed by atoms with Gasteiger partial charge in [0.1, 0.15) is 0 Å². The summed E-state index contributed by atoms with van der Waals surface area (Å²) in [5.74, 6) is 0. The number of hydrogen-bond donors (Lipinski definition) is 1. The molecular formula is C28H31NO. The largest absolute Gasteiger partial charge is 0.395 e. The van der Waals surface area contributed by atoms with Gasteiger partial charge in [0, 0.05) is 12.6 Å². The molecule has 0 aromatic heterocycles. The van der Waals surface area contributed by atoms with Gasteiger partial charge < -0.3 is 5.11 Å². The second-order valence-electron chi connectivity index (χ2n) is 8.36. The molecule has 0 saturated carbocycles. The van der Waals surface area contributed by atoms with Gasteiger partial charge in [0.05, 0.1) is 6.61 Å². The van der Waals surface area contributed by atoms with E-state index in [1.807, 2.05) is 0 Å². The lowest BCUT2D eigenvalue weighted by Gasteiger charge is -2.23. The monoisotopic (exact) mass is 397 g/mol. The van der Waals surface area contributed by atoms with E-state index in [1.165, 1.54) is 45.4 Å². The molecule has 1 aliphatic heterocycles. The number of aryl methyl sites for hydroxylation is 1. The van der Waals surface area contributed by atoms with Crippen LogP contribution in [0.1, 0.15) is 40.7 Å². The van der Waals surface area contributed by atoms with Crippen molar-refractivity contribution >= 4 is 12.2 Å². The van der Waals surface area contributed by atoms with Crippen LogP contribution in [0.5, 0.6) is 0 Å². The van der Waals surface area contributed by atoms with Crippen molar-refractivity contribution in [3.8, 4) is 11.1 Å². The Bertz CT molecular complexity index is 1020. The molecule has 0 aliphatic carbocycles. The average molecular weight is 398 g/mol. The third-order valence-electron chi connectivity index (χ3n) is 6.33. The molecule has 0 bridgehead atoms. The maximum atomic E-state index is 9.56. The van der Waals surface area contributed by atoms with Crippen LogP contribution in [0, 0.1) is 13.8 Å². The summed E-state index contributed by atoms with van der Waals surface area (Å²) in [5, 5.41) is 9.56. The van der Waals surface area contributed by atoms with Crippen LogP contribution in [0.15, 0.2) is 66.7 Å². The molecule has 1 atom stereocenters. The molecule has 4 rings (SSSR count). The average Bonchev–Trinajstić information content (AvgIpc) is 3.22. The number of rotatable bonds is 6. The maximum absolute atomic E-state index is 9.56. The number of hydrogen-bond acceptors (Lipinski definition) is 2. The molecule has 1 aliphatic rings. The molecule has 0 spiro atoms. The van der Waals surface area contributed by atoms with Crippen LogP contribution < -0.4 is 0 Å². The van der Waals surface area contributed by atoms with Gasteiger partial charge >= 0.3 is 0 Å². The second-order valence-corrected chi connectivity index (χ2v) is 8.36. The molecule has 30 heavy (non-hydrogen) atoms. The summed E-state index contributed by atoms with van der Waals surface area (Å²) in [6, 6.07) is 24.2. The minimum absolute atomic E-state index is 0.265. The van der Waals surface area contributed by atoms with Crippen molar-refractivity contribution in [2.24, 2.45) is 0 Å². The fraction of sp³-hybridized carbons (Fsp3) is 0.286. The lowest BCUT2D eigenvalue weighted by atomic mass is 9.95. The van der Waals surface area contributed by atoms with Crippen LogP contribution in [-0.4, -0.2) is 29.2 Å². The zero-order valence-corrected chi connectivity index (χ0v) is 18.0. The summed E-state index contributed by atoms with van der Waals surface area (Å²) in [6.45, 7) is 6.66. The molecule has 0 unspecified atom stereocenters. The zero-order chi connectivity index (χ0) is 20.9. The SMILES string of the molecule is Cc1cc(CN2CCC[C@H]2CO)ccc1/C=C/c1cccc(-c2ccccc2)c1C. The minimum Gasteiger partial charge on any atom is -0.395 e. The van der Waals surface area contributed by atoms with Gasteiger partial charge in [-0.05, 0) is 72.2 Å². The number of aliphatic hydroxyl groups is 1. The number of likely N-dealkylation sites (tertiary alicyclic amines) is 1. The van der Waals surface area contributed by atoms with E-state index in [4.69, 9.17) is 0 Å². The molecule has 0 amide bonds. The van der Waals surface area contributed by atoms with E-state index in [0.717, 1.165) is 19.5 Å². The molecule has 1 N–H and O–H groups in total. The zero-order valence-electron chi connectivity index (χ0n) is 18.0. The first kappa shape index (κ1) is 20.6. The highest BCUT2D eigenvalue weighted by Gasteiger charge is 2.23. The summed E-state index contributed by atoms with van der Waals surface area (Å²) >= 11 is 0. The summed E-state index contributed by atoms with van der Waals surface area (Å²) < 4.78 is 0. The number of aliphatic hydroxyl groups excluding tert-OH is 1. The van der Waals surface area contributed by atoms with Crippen molar-refractivity contribution < 1.29 is 5.11 Å². The van der Waals surface area contributed by atoms with E-state index in [0.29, 0.717) is 6.04 Å².